The lowest BCUT2D eigenvalue weighted by atomic mass is 9.78. The van der Waals surface area contributed by atoms with E-state index in [1.807, 2.05) is 0 Å². The molecule has 0 N–H and O–H groups in total. The molecule has 3 aromatic rings. The van der Waals surface area contributed by atoms with Gasteiger partial charge in [0.15, 0.2) is 13.9 Å². The van der Waals surface area contributed by atoms with E-state index in [0.717, 1.165) is 5.56 Å². The Morgan fingerprint density at radius 2 is 1.57 bits per heavy atom. The minimum atomic E-state index is -6.02. The maximum absolute atomic E-state index is 15.7. The molecule has 2 aromatic carbocycles. The van der Waals surface area contributed by atoms with Crippen LogP contribution >= 0.6 is 23.2 Å². The van der Waals surface area contributed by atoms with Crippen molar-refractivity contribution in [3.63, 3.8) is 0 Å². The second-order valence-electron chi connectivity index (χ2n) is 10.2. The van der Waals surface area contributed by atoms with Crippen LogP contribution < -0.4 is 0 Å². The molecule has 0 saturated carbocycles. The zero-order chi connectivity index (χ0) is 27.8. The molecule has 0 aliphatic heterocycles. The zero-order valence-corrected chi connectivity index (χ0v) is 23.6. The molecule has 1 aliphatic carbocycles. The fourth-order valence-electron chi connectivity index (χ4n) is 4.90. The van der Waals surface area contributed by atoms with Crippen LogP contribution in [0.1, 0.15) is 29.7 Å². The topological polar surface area (TPSA) is 48.3 Å². The van der Waals surface area contributed by atoms with Crippen molar-refractivity contribution < 1.29 is 34.8 Å². The van der Waals surface area contributed by atoms with E-state index in [4.69, 9.17) is 27.6 Å². The van der Waals surface area contributed by atoms with Gasteiger partial charge in [-0.15, -0.1) is 0 Å². The van der Waals surface area contributed by atoms with E-state index in [1.54, 1.807) is 6.92 Å². The molecule has 1 unspecified atom stereocenters. The summed E-state index contributed by atoms with van der Waals surface area (Å²) in [5.74, 6) is -5.42. The van der Waals surface area contributed by atoms with Crippen molar-refractivity contribution in [2.75, 3.05) is 0 Å². The van der Waals surface area contributed by atoms with Gasteiger partial charge in [-0.3, -0.25) is 0 Å². The number of hydrogen-bond donors (Lipinski definition) is 0. The Morgan fingerprint density at radius 1 is 1.00 bits per heavy atom. The Kier molecular flexibility index (Phi) is 6.85. The average Bonchev–Trinajstić information content (AvgIpc) is 3.07. The minimum absolute atomic E-state index is 0.00622. The van der Waals surface area contributed by atoms with Gasteiger partial charge in [0.1, 0.15) is 0 Å². The van der Waals surface area contributed by atoms with Crippen molar-refractivity contribution in [3.05, 3.63) is 63.3 Å². The molecule has 0 fully saturated rings. The Bertz CT molecular complexity index is 1480. The van der Waals surface area contributed by atoms with Crippen molar-refractivity contribution >= 4 is 52.4 Å². The van der Waals surface area contributed by atoms with E-state index in [-0.39, 0.29) is 44.2 Å². The van der Waals surface area contributed by atoms with Crippen LogP contribution in [0.25, 0.3) is 10.9 Å². The van der Waals surface area contributed by atoms with Crippen molar-refractivity contribution in [2.45, 2.75) is 68.4 Å². The molecule has 1 atom stereocenters. The number of rotatable bonds is 5. The molecule has 0 saturated heterocycles. The number of nitrogens with zero attached hydrogens (tertiary/aromatic N) is 1. The first-order valence-electron chi connectivity index (χ1n) is 11.3. The molecule has 0 radical (unpaired) electrons. The first kappa shape index (κ1) is 28.3. The zero-order valence-electron chi connectivity index (χ0n) is 20.3. The van der Waals surface area contributed by atoms with Crippen LogP contribution in [0, 0.1) is 6.92 Å². The predicted molar refractivity (Wildman–Crippen MR) is 136 cm³/mol. The lowest BCUT2D eigenvalue weighted by Crippen LogP contribution is -2.61. The van der Waals surface area contributed by atoms with E-state index < -0.39 is 48.2 Å². The van der Waals surface area contributed by atoms with Gasteiger partial charge in [-0.1, -0.05) is 40.9 Å². The van der Waals surface area contributed by atoms with Gasteiger partial charge in [-0.2, -0.15) is 22.0 Å². The molecule has 202 valence electrons. The van der Waals surface area contributed by atoms with E-state index >= 15 is 8.78 Å². The second-order valence-corrected chi connectivity index (χ2v) is 17.2. The Labute approximate surface area is 222 Å². The SMILES string of the molecule is Cc1ccc(S(=O)(=O)n2c3c(c4cc(Cl)c(Cl)cc42)CCCC3(O[Si](C)(C)C)C(F)(F)C(F)(F)F)cc1. The number of benzene rings is 2. The van der Waals surface area contributed by atoms with Gasteiger partial charge in [-0.05, 0) is 75.7 Å². The van der Waals surface area contributed by atoms with Crippen molar-refractivity contribution in [2.24, 2.45) is 0 Å². The molecule has 0 bridgehead atoms. The monoisotopic (exact) mass is 599 g/mol. The molecule has 0 amide bonds. The number of fused-ring (bicyclic) bond motifs is 3. The number of aryl methyl sites for hydroxylation is 2. The Hall–Kier alpha value is -1.66. The maximum atomic E-state index is 15.7. The summed E-state index contributed by atoms with van der Waals surface area (Å²) < 4.78 is 108. The highest BCUT2D eigenvalue weighted by Gasteiger charge is 2.74. The smallest absolute Gasteiger partial charge is 0.401 e. The summed E-state index contributed by atoms with van der Waals surface area (Å²) in [4.78, 5) is -0.285. The van der Waals surface area contributed by atoms with Crippen molar-refractivity contribution in [1.29, 1.82) is 0 Å². The Morgan fingerprint density at radius 3 is 2.11 bits per heavy atom. The first-order chi connectivity index (χ1) is 16.8. The van der Waals surface area contributed by atoms with Crippen molar-refractivity contribution in [1.82, 2.24) is 3.97 Å². The number of aromatic nitrogens is 1. The Balaban J connectivity index is 2.24. The van der Waals surface area contributed by atoms with Gasteiger partial charge in [-0.25, -0.2) is 12.4 Å². The van der Waals surface area contributed by atoms with Crippen LogP contribution in [0.2, 0.25) is 29.7 Å². The number of hydrogen-bond acceptors (Lipinski definition) is 3. The van der Waals surface area contributed by atoms with Gasteiger partial charge in [0.05, 0.1) is 26.2 Å². The van der Waals surface area contributed by atoms with Crippen LogP contribution in [0.4, 0.5) is 22.0 Å². The van der Waals surface area contributed by atoms with Gasteiger partial charge in [0, 0.05) is 5.39 Å². The van der Waals surface area contributed by atoms with Crippen LogP contribution in [0.3, 0.4) is 0 Å². The molecule has 1 aromatic heterocycles. The van der Waals surface area contributed by atoms with Crippen LogP contribution in [0.5, 0.6) is 0 Å². The minimum Gasteiger partial charge on any atom is -0.401 e. The van der Waals surface area contributed by atoms with Crippen molar-refractivity contribution in [3.8, 4) is 0 Å². The first-order valence-corrected chi connectivity index (χ1v) is 16.9. The molecular weight excluding hydrogens is 576 g/mol. The molecule has 37 heavy (non-hydrogen) atoms. The quantitative estimate of drug-likeness (QED) is 0.220. The second kappa shape index (κ2) is 8.94. The largest absolute Gasteiger partial charge is 0.456 e. The van der Waals surface area contributed by atoms with Gasteiger partial charge in [0.2, 0.25) is 0 Å². The number of halogens is 7. The molecule has 4 rings (SSSR count). The summed E-state index contributed by atoms with van der Waals surface area (Å²) in [7, 11) is -7.85. The highest BCUT2D eigenvalue weighted by molar-refractivity contribution is 7.90. The summed E-state index contributed by atoms with van der Waals surface area (Å²) in [6.07, 6.45) is -6.80. The third-order valence-corrected chi connectivity index (χ3v) is 9.72. The molecular formula is C24H24Cl2F5NO3SSi. The number of alkyl halides is 5. The summed E-state index contributed by atoms with van der Waals surface area (Å²) >= 11 is 12.4. The maximum Gasteiger partial charge on any atom is 0.456 e. The third kappa shape index (κ3) is 4.50. The van der Waals surface area contributed by atoms with Gasteiger partial charge in [0.25, 0.3) is 10.0 Å². The fourth-order valence-corrected chi connectivity index (χ4v) is 8.19. The molecule has 4 nitrogen and oxygen atoms in total. The fraction of sp³-hybridized carbons (Fsp3) is 0.417. The normalized spacial score (nSPS) is 19.3. The predicted octanol–water partition coefficient (Wildman–Crippen LogP) is 8.07. The molecule has 1 heterocycles. The lowest BCUT2D eigenvalue weighted by molar-refractivity contribution is -0.345. The summed E-state index contributed by atoms with van der Waals surface area (Å²) in [6, 6.07) is 8.03. The van der Waals surface area contributed by atoms with E-state index in [0.29, 0.717) is 3.97 Å². The average molecular weight is 601 g/mol. The lowest BCUT2D eigenvalue weighted by Gasteiger charge is -2.47. The van der Waals surface area contributed by atoms with E-state index in [2.05, 4.69) is 0 Å². The van der Waals surface area contributed by atoms with E-state index in [1.165, 1.54) is 56.0 Å². The van der Waals surface area contributed by atoms with Crippen LogP contribution in [-0.4, -0.2) is 32.8 Å². The summed E-state index contributed by atoms with van der Waals surface area (Å²) in [5.41, 5.74) is -3.44. The van der Waals surface area contributed by atoms with Gasteiger partial charge < -0.3 is 4.43 Å². The van der Waals surface area contributed by atoms with Gasteiger partial charge >= 0.3 is 12.1 Å². The highest BCUT2D eigenvalue weighted by atomic mass is 35.5. The van der Waals surface area contributed by atoms with E-state index in [9.17, 15) is 21.6 Å². The highest BCUT2D eigenvalue weighted by Crippen LogP contribution is 2.58. The summed E-state index contributed by atoms with van der Waals surface area (Å²) in [6.45, 7) is 6.15. The summed E-state index contributed by atoms with van der Waals surface area (Å²) in [5, 5.41) is 0.0525. The molecule has 0 spiro atoms. The molecule has 13 heteroatoms. The van der Waals surface area contributed by atoms with Crippen LogP contribution in [0.15, 0.2) is 41.3 Å². The molecule has 1 aliphatic rings. The third-order valence-electron chi connectivity index (χ3n) is 6.31. The standard InChI is InChI=1S/C24H24Cl2F5NO3SSi/c1-14-7-9-15(10-8-14)36(33,34)32-20-13-19(26)18(25)12-17(20)16-6-5-11-22(21(16)32,35-37(2,3)4)23(27,28)24(29,30)31/h7-10,12-13H,5-6,11H2,1-4H3. The van der Waals surface area contributed by atoms with Crippen LogP contribution in [-0.2, 0) is 26.5 Å².